The van der Waals surface area contributed by atoms with Crippen LogP contribution in [0.2, 0.25) is 0 Å². The molecule has 0 unspecified atom stereocenters. The first-order valence-electron chi connectivity index (χ1n) is 4.31. The number of primary amides is 1. The summed E-state index contributed by atoms with van der Waals surface area (Å²) in [4.78, 5) is 10.6. The Bertz CT molecular complexity index is 326. The van der Waals surface area contributed by atoms with E-state index in [-0.39, 0.29) is 12.5 Å². The number of rotatable bonds is 4. The molecule has 14 heavy (non-hydrogen) atoms. The quantitative estimate of drug-likeness (QED) is 0.735. The first-order valence-corrected chi connectivity index (χ1v) is 4.31. The van der Waals surface area contributed by atoms with E-state index in [0.29, 0.717) is 0 Å². The van der Waals surface area contributed by atoms with Gasteiger partial charge in [0.15, 0.2) is 0 Å². The lowest BCUT2D eigenvalue weighted by molar-refractivity contribution is -0.118. The minimum absolute atomic E-state index is 0.146. The van der Waals surface area contributed by atoms with Crippen LogP contribution in [0, 0.1) is 0 Å². The van der Waals surface area contributed by atoms with Crippen LogP contribution in [0.1, 0.15) is 18.0 Å². The molecule has 76 valence electrons. The molecule has 0 radical (unpaired) electrons. The van der Waals surface area contributed by atoms with E-state index in [9.17, 15) is 4.79 Å². The van der Waals surface area contributed by atoms with Crippen LogP contribution in [0.4, 0.5) is 0 Å². The van der Waals surface area contributed by atoms with Gasteiger partial charge in [-0.3, -0.25) is 4.79 Å². The van der Waals surface area contributed by atoms with Crippen LogP contribution in [-0.2, 0) is 4.79 Å². The first kappa shape index (κ1) is 10.5. The molecule has 0 saturated heterocycles. The molecule has 1 aromatic rings. The molecule has 0 bridgehead atoms. The molecule has 1 aromatic carbocycles. The molecular formula is C10H14N2O2. The summed E-state index contributed by atoms with van der Waals surface area (Å²) in [6.45, 7) is 0. The Hall–Kier alpha value is -1.55. The predicted octanol–water partition coefficient (Wildman–Crippen LogP) is 0.570. The number of carbonyl (C=O) groups excluding carboxylic acids is 1. The van der Waals surface area contributed by atoms with Gasteiger partial charge in [-0.25, -0.2) is 0 Å². The van der Waals surface area contributed by atoms with Gasteiger partial charge in [-0.1, -0.05) is 12.1 Å². The Labute approximate surface area is 82.8 Å². The van der Waals surface area contributed by atoms with Crippen molar-refractivity contribution in [3.8, 4) is 5.75 Å². The Morgan fingerprint density at radius 1 is 1.57 bits per heavy atom. The standard InChI is InChI=1S/C10H14N2O2/c1-14-8-4-2-3-7(5-8)9(11)6-10(12)13/h2-5,9H,6,11H2,1H3,(H2,12,13)/t9-/m0/s1. The number of carbonyl (C=O) groups is 1. The van der Waals surface area contributed by atoms with Crippen molar-refractivity contribution in [2.75, 3.05) is 7.11 Å². The lowest BCUT2D eigenvalue weighted by atomic mass is 10.0. The van der Waals surface area contributed by atoms with Crippen molar-refractivity contribution in [3.63, 3.8) is 0 Å². The number of hydrogen-bond acceptors (Lipinski definition) is 3. The molecule has 0 aliphatic heterocycles. The van der Waals surface area contributed by atoms with Gasteiger partial charge in [-0.05, 0) is 17.7 Å². The lowest BCUT2D eigenvalue weighted by Crippen LogP contribution is -2.20. The van der Waals surface area contributed by atoms with E-state index in [2.05, 4.69) is 0 Å². The van der Waals surface area contributed by atoms with Crippen molar-refractivity contribution >= 4 is 5.91 Å². The zero-order valence-corrected chi connectivity index (χ0v) is 8.07. The fourth-order valence-corrected chi connectivity index (χ4v) is 1.21. The predicted molar refractivity (Wildman–Crippen MR) is 53.7 cm³/mol. The average molecular weight is 194 g/mol. The fraction of sp³-hybridized carbons (Fsp3) is 0.300. The Morgan fingerprint density at radius 2 is 2.29 bits per heavy atom. The summed E-state index contributed by atoms with van der Waals surface area (Å²) < 4.78 is 5.04. The van der Waals surface area contributed by atoms with Crippen LogP contribution in [0.15, 0.2) is 24.3 Å². The molecular weight excluding hydrogens is 180 g/mol. The Balaban J connectivity index is 2.78. The maximum Gasteiger partial charge on any atom is 0.219 e. The van der Waals surface area contributed by atoms with Gasteiger partial charge in [0.1, 0.15) is 5.75 Å². The van der Waals surface area contributed by atoms with E-state index in [1.807, 2.05) is 18.2 Å². The molecule has 0 saturated carbocycles. The molecule has 0 spiro atoms. The second-order valence-electron chi connectivity index (χ2n) is 3.05. The van der Waals surface area contributed by atoms with Crippen LogP contribution < -0.4 is 16.2 Å². The topological polar surface area (TPSA) is 78.3 Å². The third-order valence-electron chi connectivity index (χ3n) is 1.94. The summed E-state index contributed by atoms with van der Waals surface area (Å²) in [6, 6.07) is 6.93. The monoisotopic (exact) mass is 194 g/mol. The summed E-state index contributed by atoms with van der Waals surface area (Å²) in [5.41, 5.74) is 11.7. The van der Waals surface area contributed by atoms with E-state index >= 15 is 0 Å². The number of ether oxygens (including phenoxy) is 1. The molecule has 0 fully saturated rings. The van der Waals surface area contributed by atoms with E-state index < -0.39 is 5.91 Å². The van der Waals surface area contributed by atoms with Gasteiger partial charge in [0.05, 0.1) is 7.11 Å². The zero-order valence-electron chi connectivity index (χ0n) is 8.07. The summed E-state index contributed by atoms with van der Waals surface area (Å²) in [5, 5.41) is 0. The van der Waals surface area contributed by atoms with Gasteiger partial charge in [0.25, 0.3) is 0 Å². The second-order valence-corrected chi connectivity index (χ2v) is 3.05. The smallest absolute Gasteiger partial charge is 0.219 e. The first-order chi connectivity index (χ1) is 6.63. The largest absolute Gasteiger partial charge is 0.497 e. The molecule has 1 atom stereocenters. The number of methoxy groups -OCH3 is 1. The Morgan fingerprint density at radius 3 is 2.86 bits per heavy atom. The van der Waals surface area contributed by atoms with Crippen molar-refractivity contribution < 1.29 is 9.53 Å². The van der Waals surface area contributed by atoms with Gasteiger partial charge >= 0.3 is 0 Å². The minimum atomic E-state index is -0.402. The number of amides is 1. The summed E-state index contributed by atoms with van der Waals surface area (Å²) in [5.74, 6) is 0.322. The van der Waals surface area contributed by atoms with Crippen molar-refractivity contribution in [1.82, 2.24) is 0 Å². The van der Waals surface area contributed by atoms with Crippen LogP contribution in [0.5, 0.6) is 5.75 Å². The molecule has 0 heterocycles. The summed E-state index contributed by atoms with van der Waals surface area (Å²) >= 11 is 0. The molecule has 0 aromatic heterocycles. The van der Waals surface area contributed by atoms with Crippen molar-refractivity contribution in [2.24, 2.45) is 11.5 Å². The van der Waals surface area contributed by atoms with E-state index in [0.717, 1.165) is 11.3 Å². The van der Waals surface area contributed by atoms with E-state index in [1.54, 1.807) is 13.2 Å². The SMILES string of the molecule is COc1cccc([C@@H](N)CC(N)=O)c1. The second kappa shape index (κ2) is 4.62. The Kier molecular flexibility index (Phi) is 3.48. The average Bonchev–Trinajstić information content (AvgIpc) is 2.17. The maximum absolute atomic E-state index is 10.6. The number of hydrogen-bond donors (Lipinski definition) is 2. The minimum Gasteiger partial charge on any atom is -0.497 e. The van der Waals surface area contributed by atoms with Crippen molar-refractivity contribution in [2.45, 2.75) is 12.5 Å². The normalized spacial score (nSPS) is 12.1. The van der Waals surface area contributed by atoms with Crippen LogP contribution >= 0.6 is 0 Å². The molecule has 4 nitrogen and oxygen atoms in total. The molecule has 1 rings (SSSR count). The van der Waals surface area contributed by atoms with Gasteiger partial charge in [0.2, 0.25) is 5.91 Å². The van der Waals surface area contributed by atoms with Crippen LogP contribution in [-0.4, -0.2) is 13.0 Å². The molecule has 1 amide bonds. The van der Waals surface area contributed by atoms with E-state index in [1.165, 1.54) is 0 Å². The maximum atomic E-state index is 10.6. The van der Waals surface area contributed by atoms with Gasteiger partial charge in [0, 0.05) is 12.5 Å². The highest BCUT2D eigenvalue weighted by Gasteiger charge is 2.09. The zero-order chi connectivity index (χ0) is 10.6. The third kappa shape index (κ3) is 2.74. The highest BCUT2D eigenvalue weighted by Crippen LogP contribution is 2.19. The number of benzene rings is 1. The molecule has 4 N–H and O–H groups in total. The van der Waals surface area contributed by atoms with Gasteiger partial charge in [-0.15, -0.1) is 0 Å². The lowest BCUT2D eigenvalue weighted by Gasteiger charge is -2.10. The molecule has 0 aliphatic rings. The van der Waals surface area contributed by atoms with Crippen molar-refractivity contribution in [1.29, 1.82) is 0 Å². The highest BCUT2D eigenvalue weighted by atomic mass is 16.5. The van der Waals surface area contributed by atoms with E-state index in [4.69, 9.17) is 16.2 Å². The van der Waals surface area contributed by atoms with Gasteiger partial charge < -0.3 is 16.2 Å². The van der Waals surface area contributed by atoms with Crippen LogP contribution in [0.3, 0.4) is 0 Å². The molecule has 4 heteroatoms. The molecule has 0 aliphatic carbocycles. The summed E-state index contributed by atoms with van der Waals surface area (Å²) in [7, 11) is 1.58. The summed E-state index contributed by atoms with van der Waals surface area (Å²) in [6.07, 6.45) is 0.146. The van der Waals surface area contributed by atoms with Crippen LogP contribution in [0.25, 0.3) is 0 Å². The fourth-order valence-electron chi connectivity index (χ4n) is 1.21. The van der Waals surface area contributed by atoms with Crippen molar-refractivity contribution in [3.05, 3.63) is 29.8 Å². The highest BCUT2D eigenvalue weighted by molar-refractivity contribution is 5.74. The number of nitrogens with two attached hydrogens (primary N) is 2. The van der Waals surface area contributed by atoms with Gasteiger partial charge in [-0.2, -0.15) is 0 Å². The third-order valence-corrected chi connectivity index (χ3v) is 1.94.